The van der Waals surface area contributed by atoms with Crippen LogP contribution in [0.5, 0.6) is 0 Å². The predicted octanol–water partition coefficient (Wildman–Crippen LogP) is 1.73. The minimum Gasteiger partial charge on any atom is -0.481 e. The molecule has 0 amide bonds. The zero-order chi connectivity index (χ0) is 14.1. The molecule has 6 heteroatoms. The van der Waals surface area contributed by atoms with E-state index < -0.39 is 17.9 Å². The highest BCUT2D eigenvalue weighted by molar-refractivity contribution is 5.91. The van der Waals surface area contributed by atoms with Crippen LogP contribution in [0.25, 0.3) is 0 Å². The summed E-state index contributed by atoms with van der Waals surface area (Å²) in [5, 5.41) is 24.8. The van der Waals surface area contributed by atoms with Crippen LogP contribution in [0, 0.1) is 0 Å². The lowest BCUT2D eigenvalue weighted by molar-refractivity contribution is -0.136. The van der Waals surface area contributed by atoms with E-state index in [0.29, 0.717) is 0 Å². The highest BCUT2D eigenvalue weighted by atomic mass is 16.4. The Morgan fingerprint density at radius 1 is 0.944 bits per heavy atom. The van der Waals surface area contributed by atoms with Gasteiger partial charge in [0.2, 0.25) is 0 Å². The maximum absolute atomic E-state index is 10.3. The molecule has 3 N–H and O–H groups in total. The Morgan fingerprint density at radius 3 is 1.39 bits per heavy atom. The minimum absolute atomic E-state index is 0.0556. The molecule has 1 aromatic carbocycles. The molecular weight excluding hydrogens is 240 g/mol. The van der Waals surface area contributed by atoms with Gasteiger partial charge in [-0.25, -0.2) is 9.59 Å². The third-order valence-corrected chi connectivity index (χ3v) is 1.70. The van der Waals surface area contributed by atoms with E-state index in [1.165, 1.54) is 30.3 Å². The van der Waals surface area contributed by atoms with Gasteiger partial charge in [-0.05, 0) is 24.3 Å². The zero-order valence-electron chi connectivity index (χ0n) is 9.37. The summed E-state index contributed by atoms with van der Waals surface area (Å²) in [6.45, 7) is 3.22. The van der Waals surface area contributed by atoms with Crippen molar-refractivity contribution < 1.29 is 29.7 Å². The standard InChI is InChI=1S/C8H6O4.C4H6O2/c9-7(10)5-1-2-6(4-3-5)8(11)12;1-2-3-4(5)6/h1-4H,(H,9,10)(H,11,12);2H,1,3H2,(H,5,6). The first-order valence-corrected chi connectivity index (χ1v) is 4.77. The fourth-order valence-corrected chi connectivity index (χ4v) is 0.879. The number of hydrogen-bond donors (Lipinski definition) is 3. The van der Waals surface area contributed by atoms with Crippen molar-refractivity contribution in [2.45, 2.75) is 6.42 Å². The molecule has 0 fully saturated rings. The summed E-state index contributed by atoms with van der Waals surface area (Å²) in [5.74, 6) is -2.95. The van der Waals surface area contributed by atoms with Crippen LogP contribution < -0.4 is 0 Å². The second-order valence-electron chi connectivity index (χ2n) is 3.07. The van der Waals surface area contributed by atoms with Crippen molar-refractivity contribution in [3.05, 3.63) is 48.0 Å². The van der Waals surface area contributed by atoms with Crippen molar-refractivity contribution in [1.82, 2.24) is 0 Å². The van der Waals surface area contributed by atoms with Crippen molar-refractivity contribution in [2.24, 2.45) is 0 Å². The molecular formula is C12H12O6. The van der Waals surface area contributed by atoms with E-state index in [1.807, 2.05) is 0 Å². The second kappa shape index (κ2) is 7.61. The van der Waals surface area contributed by atoms with Crippen LogP contribution in [0.4, 0.5) is 0 Å². The van der Waals surface area contributed by atoms with Gasteiger partial charge in [-0.1, -0.05) is 6.08 Å². The molecule has 0 spiro atoms. The van der Waals surface area contributed by atoms with Crippen molar-refractivity contribution in [2.75, 3.05) is 0 Å². The molecule has 0 aliphatic rings. The zero-order valence-corrected chi connectivity index (χ0v) is 9.37. The molecule has 0 saturated heterocycles. The maximum atomic E-state index is 10.3. The molecule has 1 aromatic rings. The Morgan fingerprint density at radius 2 is 1.28 bits per heavy atom. The van der Waals surface area contributed by atoms with Gasteiger partial charge in [0, 0.05) is 0 Å². The van der Waals surface area contributed by atoms with E-state index in [0.717, 1.165) is 0 Å². The third kappa shape index (κ3) is 6.06. The second-order valence-corrected chi connectivity index (χ2v) is 3.07. The summed E-state index contributed by atoms with van der Waals surface area (Å²) in [4.78, 5) is 30.2. The Labute approximate surface area is 103 Å². The van der Waals surface area contributed by atoms with Crippen LogP contribution in [0.1, 0.15) is 27.1 Å². The maximum Gasteiger partial charge on any atom is 0.335 e. The lowest BCUT2D eigenvalue weighted by atomic mass is 10.1. The normalized spacial score (nSPS) is 8.67. The van der Waals surface area contributed by atoms with Crippen LogP contribution in [0.2, 0.25) is 0 Å². The number of hydrogen-bond acceptors (Lipinski definition) is 3. The van der Waals surface area contributed by atoms with Crippen molar-refractivity contribution >= 4 is 17.9 Å². The lowest BCUT2D eigenvalue weighted by Gasteiger charge is -1.94. The Kier molecular flexibility index (Phi) is 6.50. The average molecular weight is 252 g/mol. The lowest BCUT2D eigenvalue weighted by Crippen LogP contribution is -1.99. The van der Waals surface area contributed by atoms with Crippen LogP contribution in [-0.4, -0.2) is 33.2 Å². The Balaban J connectivity index is 0.000000411. The Hall–Kier alpha value is -2.63. The molecule has 0 unspecified atom stereocenters. The summed E-state index contributed by atoms with van der Waals surface area (Å²) < 4.78 is 0. The van der Waals surface area contributed by atoms with Gasteiger partial charge in [0.25, 0.3) is 0 Å². The highest BCUT2D eigenvalue weighted by Crippen LogP contribution is 2.03. The smallest absolute Gasteiger partial charge is 0.335 e. The van der Waals surface area contributed by atoms with Gasteiger partial charge in [0.1, 0.15) is 0 Å². The molecule has 0 atom stereocenters. The highest BCUT2D eigenvalue weighted by Gasteiger charge is 2.04. The number of aromatic carboxylic acids is 2. The molecule has 0 radical (unpaired) electrons. The van der Waals surface area contributed by atoms with Gasteiger partial charge in [0.15, 0.2) is 0 Å². The number of carbonyl (C=O) groups is 3. The first kappa shape index (κ1) is 15.4. The molecule has 0 saturated carbocycles. The van der Waals surface area contributed by atoms with Crippen LogP contribution >= 0.6 is 0 Å². The first-order chi connectivity index (χ1) is 8.38. The van der Waals surface area contributed by atoms with E-state index in [4.69, 9.17) is 15.3 Å². The third-order valence-electron chi connectivity index (χ3n) is 1.70. The molecule has 0 heterocycles. The van der Waals surface area contributed by atoms with Crippen LogP contribution in [0.15, 0.2) is 36.9 Å². The number of carboxylic acid groups (broad SMARTS) is 3. The number of rotatable bonds is 4. The van der Waals surface area contributed by atoms with E-state index in [1.54, 1.807) is 0 Å². The monoisotopic (exact) mass is 252 g/mol. The van der Waals surface area contributed by atoms with Gasteiger partial charge < -0.3 is 15.3 Å². The van der Waals surface area contributed by atoms with E-state index in [9.17, 15) is 14.4 Å². The van der Waals surface area contributed by atoms with Gasteiger partial charge in [-0.2, -0.15) is 0 Å². The molecule has 0 bridgehead atoms. The summed E-state index contributed by atoms with van der Waals surface area (Å²) in [7, 11) is 0. The van der Waals surface area contributed by atoms with Gasteiger partial charge >= 0.3 is 17.9 Å². The largest absolute Gasteiger partial charge is 0.481 e. The molecule has 6 nitrogen and oxygen atoms in total. The Bertz CT molecular complexity index is 413. The summed E-state index contributed by atoms with van der Waals surface area (Å²) in [5.41, 5.74) is 0.167. The fraction of sp³-hybridized carbons (Fsp3) is 0.0833. The van der Waals surface area contributed by atoms with E-state index in [2.05, 4.69) is 6.58 Å². The molecule has 0 aliphatic carbocycles. The number of benzene rings is 1. The summed E-state index contributed by atoms with van der Waals surface area (Å²) in [6, 6.07) is 5.02. The van der Waals surface area contributed by atoms with Gasteiger partial charge in [-0.3, -0.25) is 4.79 Å². The fourth-order valence-electron chi connectivity index (χ4n) is 0.879. The molecule has 0 aliphatic heterocycles. The molecule has 96 valence electrons. The van der Waals surface area contributed by atoms with Crippen LogP contribution in [-0.2, 0) is 4.79 Å². The molecule has 0 aromatic heterocycles. The summed E-state index contributed by atoms with van der Waals surface area (Å²) >= 11 is 0. The minimum atomic E-state index is -1.06. The van der Waals surface area contributed by atoms with Crippen molar-refractivity contribution in [3.8, 4) is 0 Å². The van der Waals surface area contributed by atoms with E-state index in [-0.39, 0.29) is 17.5 Å². The number of carboxylic acids is 3. The summed E-state index contributed by atoms with van der Waals surface area (Å²) in [6.07, 6.45) is 1.41. The van der Waals surface area contributed by atoms with Crippen LogP contribution in [0.3, 0.4) is 0 Å². The van der Waals surface area contributed by atoms with E-state index >= 15 is 0 Å². The number of aliphatic carboxylic acids is 1. The first-order valence-electron chi connectivity index (χ1n) is 4.77. The quantitative estimate of drug-likeness (QED) is 0.703. The average Bonchev–Trinajstić information content (AvgIpc) is 2.29. The van der Waals surface area contributed by atoms with Gasteiger partial charge in [0.05, 0.1) is 17.5 Å². The predicted molar refractivity (Wildman–Crippen MR) is 62.8 cm³/mol. The molecule has 18 heavy (non-hydrogen) atoms. The topological polar surface area (TPSA) is 112 Å². The van der Waals surface area contributed by atoms with Gasteiger partial charge in [-0.15, -0.1) is 6.58 Å². The molecule has 1 rings (SSSR count). The van der Waals surface area contributed by atoms with Crippen molar-refractivity contribution in [3.63, 3.8) is 0 Å². The van der Waals surface area contributed by atoms with Crippen molar-refractivity contribution in [1.29, 1.82) is 0 Å². The SMILES string of the molecule is C=CCC(=O)O.O=C(O)c1ccc(C(=O)O)cc1.